The van der Waals surface area contributed by atoms with Crippen molar-refractivity contribution < 1.29 is 18.7 Å². The van der Waals surface area contributed by atoms with E-state index in [0.717, 1.165) is 16.7 Å². The summed E-state index contributed by atoms with van der Waals surface area (Å²) in [4.78, 5) is 11.7. The summed E-state index contributed by atoms with van der Waals surface area (Å²) in [5, 5.41) is 8.42. The van der Waals surface area contributed by atoms with E-state index in [4.69, 9.17) is 13.9 Å². The number of carbonyl (C=O) groups is 1. The summed E-state index contributed by atoms with van der Waals surface area (Å²) in [5.74, 6) is 1.30. The van der Waals surface area contributed by atoms with Crippen molar-refractivity contribution in [1.82, 2.24) is 10.2 Å². The van der Waals surface area contributed by atoms with E-state index in [9.17, 15) is 4.79 Å². The van der Waals surface area contributed by atoms with Crippen molar-refractivity contribution in [2.75, 3.05) is 6.61 Å². The van der Waals surface area contributed by atoms with Crippen molar-refractivity contribution in [3.63, 3.8) is 0 Å². The van der Waals surface area contributed by atoms with Gasteiger partial charge in [-0.3, -0.25) is 0 Å². The van der Waals surface area contributed by atoms with Crippen molar-refractivity contribution in [2.24, 2.45) is 0 Å². The summed E-state index contributed by atoms with van der Waals surface area (Å²) >= 11 is 0. The van der Waals surface area contributed by atoms with Crippen LogP contribution >= 0.6 is 0 Å². The Morgan fingerprint density at radius 1 is 0.824 bits per heavy atom. The molecule has 6 nitrogen and oxygen atoms in total. The van der Waals surface area contributed by atoms with E-state index in [1.807, 2.05) is 36.4 Å². The number of nitrogens with zero attached hydrogens (tertiary/aromatic N) is 2. The molecule has 0 unspecified atom stereocenters. The molecule has 0 N–H and O–H groups in total. The van der Waals surface area contributed by atoms with Crippen LogP contribution < -0.4 is 4.74 Å². The Kier molecular flexibility index (Phi) is 6.77. The quantitative estimate of drug-likeness (QED) is 0.297. The third-order valence-electron chi connectivity index (χ3n) is 5.39. The molecule has 0 bridgehead atoms. The van der Waals surface area contributed by atoms with E-state index in [1.165, 1.54) is 5.56 Å². The Bertz CT molecular complexity index is 1240. The number of hydrogen-bond donors (Lipinski definition) is 0. The van der Waals surface area contributed by atoms with Crippen LogP contribution in [0.15, 0.2) is 77.2 Å². The van der Waals surface area contributed by atoms with Crippen LogP contribution in [0.1, 0.15) is 49.2 Å². The molecule has 1 aromatic heterocycles. The van der Waals surface area contributed by atoms with E-state index < -0.39 is 0 Å². The van der Waals surface area contributed by atoms with Crippen LogP contribution in [0.2, 0.25) is 0 Å². The van der Waals surface area contributed by atoms with Gasteiger partial charge in [-0.15, -0.1) is 10.2 Å². The van der Waals surface area contributed by atoms with Crippen molar-refractivity contribution in [3.05, 3.63) is 89.5 Å². The Morgan fingerprint density at radius 2 is 1.38 bits per heavy atom. The largest absolute Gasteiger partial charge is 0.489 e. The van der Waals surface area contributed by atoms with Gasteiger partial charge in [-0.1, -0.05) is 45.0 Å². The average Bonchev–Trinajstić information content (AvgIpc) is 3.33. The Morgan fingerprint density at radius 3 is 1.91 bits per heavy atom. The van der Waals surface area contributed by atoms with E-state index in [1.54, 1.807) is 31.2 Å². The maximum atomic E-state index is 11.7. The minimum atomic E-state index is -0.337. The van der Waals surface area contributed by atoms with Crippen molar-refractivity contribution in [1.29, 1.82) is 0 Å². The molecular weight excluding hydrogens is 428 g/mol. The standard InChI is InChI=1S/C28H28N2O4/c1-5-32-27(31)22-12-16-24(17-13-22)33-18-19-6-8-20(9-7-19)25-29-30-26(34-25)21-10-14-23(15-11-21)28(2,3)4/h6-17H,5,18H2,1-4H3. The first kappa shape index (κ1) is 23.2. The summed E-state index contributed by atoms with van der Waals surface area (Å²) in [6.07, 6.45) is 0. The summed E-state index contributed by atoms with van der Waals surface area (Å²) in [5.41, 5.74) is 4.58. The molecule has 0 fully saturated rings. The Balaban J connectivity index is 1.38. The van der Waals surface area contributed by atoms with Crippen molar-refractivity contribution in [2.45, 2.75) is 39.7 Å². The van der Waals surface area contributed by atoms with Gasteiger partial charge in [0.1, 0.15) is 12.4 Å². The van der Waals surface area contributed by atoms with Crippen molar-refractivity contribution in [3.8, 4) is 28.7 Å². The lowest BCUT2D eigenvalue weighted by Gasteiger charge is -2.18. The third kappa shape index (κ3) is 5.52. The zero-order chi connectivity index (χ0) is 24.1. The first-order valence-corrected chi connectivity index (χ1v) is 11.3. The molecule has 0 aliphatic rings. The number of benzene rings is 3. The normalized spacial score (nSPS) is 11.3. The maximum absolute atomic E-state index is 11.7. The second kappa shape index (κ2) is 9.91. The lowest BCUT2D eigenvalue weighted by Crippen LogP contribution is -2.10. The zero-order valence-electron chi connectivity index (χ0n) is 19.9. The molecule has 1 heterocycles. The SMILES string of the molecule is CCOC(=O)c1ccc(OCc2ccc(-c3nnc(-c4ccc(C(C)(C)C)cc4)o3)cc2)cc1. The van der Waals surface area contributed by atoms with Gasteiger partial charge in [0, 0.05) is 11.1 Å². The fourth-order valence-electron chi connectivity index (χ4n) is 3.38. The van der Waals surface area contributed by atoms with Crippen LogP contribution in [-0.4, -0.2) is 22.8 Å². The van der Waals surface area contributed by atoms with Gasteiger partial charge < -0.3 is 13.9 Å². The van der Waals surface area contributed by atoms with Gasteiger partial charge in [0.2, 0.25) is 11.8 Å². The highest BCUT2D eigenvalue weighted by molar-refractivity contribution is 5.89. The number of hydrogen-bond acceptors (Lipinski definition) is 6. The van der Waals surface area contributed by atoms with Gasteiger partial charge in [-0.25, -0.2) is 4.79 Å². The summed E-state index contributed by atoms with van der Waals surface area (Å²) in [6.45, 7) is 9.08. The minimum Gasteiger partial charge on any atom is -0.489 e. The molecule has 0 saturated heterocycles. The van der Waals surface area contributed by atoms with E-state index in [-0.39, 0.29) is 11.4 Å². The molecule has 6 heteroatoms. The van der Waals surface area contributed by atoms with Gasteiger partial charge >= 0.3 is 5.97 Å². The van der Waals surface area contributed by atoms with Gasteiger partial charge in [-0.2, -0.15) is 0 Å². The topological polar surface area (TPSA) is 74.5 Å². The van der Waals surface area contributed by atoms with Gasteiger partial charge in [0.05, 0.1) is 12.2 Å². The van der Waals surface area contributed by atoms with E-state index in [2.05, 4.69) is 43.1 Å². The first-order valence-electron chi connectivity index (χ1n) is 11.3. The molecule has 0 amide bonds. The second-order valence-corrected chi connectivity index (χ2v) is 8.97. The molecule has 0 radical (unpaired) electrons. The molecular formula is C28H28N2O4. The van der Waals surface area contributed by atoms with Crippen LogP contribution in [0.25, 0.3) is 22.9 Å². The minimum absolute atomic E-state index is 0.0933. The van der Waals surface area contributed by atoms with Crippen LogP contribution in [0.4, 0.5) is 0 Å². The molecule has 0 saturated carbocycles. The molecule has 0 aliphatic carbocycles. The van der Waals surface area contributed by atoms with E-state index in [0.29, 0.717) is 36.3 Å². The highest BCUT2D eigenvalue weighted by atomic mass is 16.5. The monoisotopic (exact) mass is 456 g/mol. The highest BCUT2D eigenvalue weighted by Gasteiger charge is 2.15. The van der Waals surface area contributed by atoms with Gasteiger partial charge in [-0.05, 0) is 72.0 Å². The average molecular weight is 457 g/mol. The fourth-order valence-corrected chi connectivity index (χ4v) is 3.38. The third-order valence-corrected chi connectivity index (χ3v) is 5.39. The summed E-state index contributed by atoms with van der Waals surface area (Å²) < 4.78 is 16.7. The maximum Gasteiger partial charge on any atom is 0.338 e. The molecule has 3 aromatic carbocycles. The summed E-state index contributed by atoms with van der Waals surface area (Å²) in [7, 11) is 0. The fraction of sp³-hybridized carbons (Fsp3) is 0.250. The van der Waals surface area contributed by atoms with Crippen LogP contribution in [0.5, 0.6) is 5.75 Å². The predicted molar refractivity (Wildman–Crippen MR) is 131 cm³/mol. The van der Waals surface area contributed by atoms with Crippen LogP contribution in [0.3, 0.4) is 0 Å². The highest BCUT2D eigenvalue weighted by Crippen LogP contribution is 2.28. The number of aromatic nitrogens is 2. The van der Waals surface area contributed by atoms with E-state index >= 15 is 0 Å². The lowest BCUT2D eigenvalue weighted by atomic mass is 9.87. The number of esters is 1. The number of ether oxygens (including phenoxy) is 2. The van der Waals surface area contributed by atoms with Crippen LogP contribution in [-0.2, 0) is 16.8 Å². The zero-order valence-corrected chi connectivity index (χ0v) is 19.9. The predicted octanol–water partition coefficient (Wildman–Crippen LogP) is 6.46. The van der Waals surface area contributed by atoms with Gasteiger partial charge in [0.25, 0.3) is 0 Å². The number of carbonyl (C=O) groups excluding carboxylic acids is 1. The summed E-state index contributed by atoms with van der Waals surface area (Å²) in [6, 6.07) is 22.9. The first-order chi connectivity index (χ1) is 16.3. The Labute approximate surface area is 199 Å². The second-order valence-electron chi connectivity index (χ2n) is 8.97. The molecule has 0 atom stereocenters. The van der Waals surface area contributed by atoms with Crippen molar-refractivity contribution >= 4 is 5.97 Å². The van der Waals surface area contributed by atoms with Gasteiger partial charge in [0.15, 0.2) is 0 Å². The smallest absolute Gasteiger partial charge is 0.338 e. The Hall–Kier alpha value is -3.93. The molecule has 4 rings (SSSR count). The molecule has 4 aromatic rings. The molecule has 0 aliphatic heterocycles. The number of rotatable bonds is 7. The molecule has 0 spiro atoms. The molecule has 174 valence electrons. The van der Waals surface area contributed by atoms with Crippen LogP contribution in [0, 0.1) is 0 Å². The lowest BCUT2D eigenvalue weighted by molar-refractivity contribution is 0.0526. The molecule has 34 heavy (non-hydrogen) atoms.